The van der Waals surface area contributed by atoms with Gasteiger partial charge in [-0.1, -0.05) is 13.2 Å². The highest BCUT2D eigenvalue weighted by Gasteiger charge is 2.15. The fraction of sp³-hybridized carbons (Fsp3) is 0.143. The molecule has 0 aromatic heterocycles. The number of halogens is 1. The lowest BCUT2D eigenvalue weighted by Gasteiger charge is -2.12. The van der Waals surface area contributed by atoms with Crippen LogP contribution in [0.5, 0.6) is 11.5 Å². The summed E-state index contributed by atoms with van der Waals surface area (Å²) in [5.41, 5.74) is 1.49. The molecule has 2 aromatic carbocycles. The maximum atomic E-state index is 14.6. The Kier molecular flexibility index (Phi) is 6.58. The lowest BCUT2D eigenvalue weighted by Crippen LogP contribution is -2.08. The zero-order valence-electron chi connectivity index (χ0n) is 15.3. The Morgan fingerprint density at radius 3 is 1.81 bits per heavy atom. The number of hydrogen-bond acceptors (Lipinski definition) is 5. The first-order valence-electron chi connectivity index (χ1n) is 7.96. The largest absolute Gasteiger partial charge is 0.423 e. The van der Waals surface area contributed by atoms with Crippen molar-refractivity contribution in [1.82, 2.24) is 0 Å². The van der Waals surface area contributed by atoms with Gasteiger partial charge in [-0.25, -0.2) is 14.0 Å². The first-order valence-corrected chi connectivity index (χ1v) is 9.18. The molecule has 0 aliphatic carbocycles. The molecule has 27 heavy (non-hydrogen) atoms. The van der Waals surface area contributed by atoms with Crippen LogP contribution in [0.15, 0.2) is 65.6 Å². The summed E-state index contributed by atoms with van der Waals surface area (Å²) in [6.45, 7) is 10.1. The van der Waals surface area contributed by atoms with Crippen molar-refractivity contribution in [1.29, 1.82) is 0 Å². The molecule has 0 saturated heterocycles. The van der Waals surface area contributed by atoms with Crippen LogP contribution >= 0.6 is 11.8 Å². The number of carbonyl (C=O) groups excluding carboxylic acids is 2. The summed E-state index contributed by atoms with van der Waals surface area (Å²) in [6.07, 6.45) is 1.84. The van der Waals surface area contributed by atoms with E-state index in [1.165, 1.54) is 30.8 Å². The highest BCUT2D eigenvalue weighted by atomic mass is 32.2. The van der Waals surface area contributed by atoms with E-state index in [-0.39, 0.29) is 16.9 Å². The second-order valence-electron chi connectivity index (χ2n) is 5.84. The van der Waals surface area contributed by atoms with Gasteiger partial charge in [-0.3, -0.25) is 0 Å². The molecule has 2 aromatic rings. The molecule has 140 valence electrons. The smallest absolute Gasteiger partial charge is 0.338 e. The molecule has 6 heteroatoms. The number of carbonyl (C=O) groups is 2. The Balaban J connectivity index is 2.34. The SMILES string of the molecule is C=C(C)C(=O)Oc1ccc(-c2ccc(OC(=O)C(=C)C)cc2SC)c(F)c1. The Morgan fingerprint density at radius 2 is 1.37 bits per heavy atom. The molecule has 0 unspecified atom stereocenters. The standard InChI is InChI=1S/C21H19FO4S/c1-12(2)20(23)25-14-6-8-16(18(22)10-14)17-9-7-15(11-19(17)27-5)26-21(24)13(3)4/h6-11H,1,3H2,2,4-5H3. The number of benzene rings is 2. The van der Waals surface area contributed by atoms with Crippen LogP contribution in [0, 0.1) is 5.82 Å². The Hall–Kier alpha value is -2.86. The molecule has 0 atom stereocenters. The van der Waals surface area contributed by atoms with Crippen molar-refractivity contribution in [2.45, 2.75) is 18.7 Å². The minimum absolute atomic E-state index is 0.0990. The Labute approximate surface area is 161 Å². The van der Waals surface area contributed by atoms with Gasteiger partial charge in [0.1, 0.15) is 17.3 Å². The summed E-state index contributed by atoms with van der Waals surface area (Å²) in [5.74, 6) is -1.23. The zero-order chi connectivity index (χ0) is 20.1. The van der Waals surface area contributed by atoms with Gasteiger partial charge >= 0.3 is 11.9 Å². The van der Waals surface area contributed by atoms with Gasteiger partial charge < -0.3 is 9.47 Å². The highest BCUT2D eigenvalue weighted by Crippen LogP contribution is 2.36. The molecule has 0 fully saturated rings. The number of thioether (sulfide) groups is 1. The van der Waals surface area contributed by atoms with Crippen LogP contribution in [0.2, 0.25) is 0 Å². The van der Waals surface area contributed by atoms with E-state index < -0.39 is 17.8 Å². The van der Waals surface area contributed by atoms with Gasteiger partial charge in [0.15, 0.2) is 0 Å². The second kappa shape index (κ2) is 8.68. The van der Waals surface area contributed by atoms with Gasteiger partial charge in [0, 0.05) is 27.7 Å². The second-order valence-corrected chi connectivity index (χ2v) is 6.69. The molecular formula is C21H19FO4S. The highest BCUT2D eigenvalue weighted by molar-refractivity contribution is 7.98. The van der Waals surface area contributed by atoms with E-state index >= 15 is 0 Å². The fourth-order valence-electron chi connectivity index (χ4n) is 2.12. The molecule has 0 aliphatic rings. The minimum Gasteiger partial charge on any atom is -0.423 e. The van der Waals surface area contributed by atoms with E-state index in [1.54, 1.807) is 25.1 Å². The molecule has 4 nitrogen and oxygen atoms in total. The van der Waals surface area contributed by atoms with Crippen LogP contribution in [0.3, 0.4) is 0 Å². The fourth-order valence-corrected chi connectivity index (χ4v) is 2.76. The Bertz CT molecular complexity index is 934. The summed E-state index contributed by atoms with van der Waals surface area (Å²) in [7, 11) is 0. The van der Waals surface area contributed by atoms with E-state index in [0.29, 0.717) is 16.9 Å². The van der Waals surface area contributed by atoms with Gasteiger partial charge in [0.2, 0.25) is 0 Å². The van der Waals surface area contributed by atoms with Crippen molar-refractivity contribution in [2.75, 3.05) is 6.26 Å². The predicted octanol–water partition coefficient (Wildman–Crippen LogP) is 5.18. The van der Waals surface area contributed by atoms with E-state index in [2.05, 4.69) is 13.2 Å². The first kappa shape index (κ1) is 20.5. The molecule has 0 N–H and O–H groups in total. The van der Waals surface area contributed by atoms with E-state index in [4.69, 9.17) is 9.47 Å². The van der Waals surface area contributed by atoms with Crippen LogP contribution in [-0.2, 0) is 9.59 Å². The molecule has 0 heterocycles. The minimum atomic E-state index is -0.615. The maximum Gasteiger partial charge on any atom is 0.338 e. The summed E-state index contributed by atoms with van der Waals surface area (Å²) >= 11 is 1.39. The van der Waals surface area contributed by atoms with Crippen molar-refractivity contribution in [3.8, 4) is 22.6 Å². The quantitative estimate of drug-likeness (QED) is 0.296. The van der Waals surface area contributed by atoms with Crippen molar-refractivity contribution in [3.63, 3.8) is 0 Å². The molecule has 0 amide bonds. The van der Waals surface area contributed by atoms with Crippen LogP contribution in [0.4, 0.5) is 4.39 Å². The van der Waals surface area contributed by atoms with Gasteiger partial charge in [0.05, 0.1) is 0 Å². The normalized spacial score (nSPS) is 10.2. The molecule has 2 rings (SSSR count). The summed E-state index contributed by atoms with van der Waals surface area (Å²) in [5, 5.41) is 0. The van der Waals surface area contributed by atoms with E-state index in [1.807, 2.05) is 6.26 Å². The molecule has 0 saturated carbocycles. The monoisotopic (exact) mass is 386 g/mol. The molecule has 0 radical (unpaired) electrons. The third-order valence-electron chi connectivity index (χ3n) is 3.52. The van der Waals surface area contributed by atoms with Crippen molar-refractivity contribution >= 4 is 23.7 Å². The van der Waals surface area contributed by atoms with Crippen LogP contribution < -0.4 is 9.47 Å². The van der Waals surface area contributed by atoms with Crippen molar-refractivity contribution < 1.29 is 23.5 Å². The van der Waals surface area contributed by atoms with Crippen LogP contribution in [-0.4, -0.2) is 18.2 Å². The van der Waals surface area contributed by atoms with Gasteiger partial charge in [-0.05, 0) is 56.0 Å². The van der Waals surface area contributed by atoms with Gasteiger partial charge in [-0.15, -0.1) is 11.8 Å². The maximum absolute atomic E-state index is 14.6. The summed E-state index contributed by atoms with van der Waals surface area (Å²) in [6, 6.07) is 9.11. The topological polar surface area (TPSA) is 52.6 Å². The lowest BCUT2D eigenvalue weighted by molar-refractivity contribution is -0.130. The summed E-state index contributed by atoms with van der Waals surface area (Å²) < 4.78 is 24.9. The number of rotatable bonds is 6. The Morgan fingerprint density at radius 1 is 0.889 bits per heavy atom. The van der Waals surface area contributed by atoms with Crippen molar-refractivity contribution in [3.05, 3.63) is 66.5 Å². The molecule has 0 aliphatic heterocycles. The van der Waals surface area contributed by atoms with E-state index in [9.17, 15) is 14.0 Å². The van der Waals surface area contributed by atoms with Crippen LogP contribution in [0.1, 0.15) is 13.8 Å². The number of ether oxygens (including phenoxy) is 2. The van der Waals surface area contributed by atoms with Gasteiger partial charge in [-0.2, -0.15) is 0 Å². The van der Waals surface area contributed by atoms with Gasteiger partial charge in [0.25, 0.3) is 0 Å². The average Bonchev–Trinajstić information content (AvgIpc) is 2.61. The molecule has 0 bridgehead atoms. The number of esters is 2. The third kappa shape index (κ3) is 5.08. The van der Waals surface area contributed by atoms with Crippen LogP contribution in [0.25, 0.3) is 11.1 Å². The predicted molar refractivity (Wildman–Crippen MR) is 105 cm³/mol. The molecular weight excluding hydrogens is 367 g/mol. The zero-order valence-corrected chi connectivity index (χ0v) is 16.1. The lowest BCUT2D eigenvalue weighted by atomic mass is 10.0. The summed E-state index contributed by atoms with van der Waals surface area (Å²) in [4.78, 5) is 23.9. The first-order chi connectivity index (χ1) is 12.7. The number of hydrogen-bond donors (Lipinski definition) is 0. The van der Waals surface area contributed by atoms with E-state index in [0.717, 1.165) is 11.0 Å². The third-order valence-corrected chi connectivity index (χ3v) is 4.30. The average molecular weight is 386 g/mol. The molecule has 0 spiro atoms. The van der Waals surface area contributed by atoms with Crippen molar-refractivity contribution in [2.24, 2.45) is 0 Å².